The fraction of sp³-hybridized carbons (Fsp3) is 0.700. The third kappa shape index (κ3) is 3.22. The molecule has 16 heavy (non-hydrogen) atoms. The molecular weight excluding hydrogens is 206 g/mol. The molecule has 0 radical (unpaired) electrons. The van der Waals surface area contributed by atoms with Gasteiger partial charge in [0.25, 0.3) is 0 Å². The first kappa shape index (κ1) is 10.9. The van der Waals surface area contributed by atoms with Gasteiger partial charge in [-0.1, -0.05) is 18.0 Å². The molecule has 1 aliphatic carbocycles. The predicted octanol–water partition coefficient (Wildman–Crippen LogP) is 0.459. The minimum absolute atomic E-state index is 0.507. The number of hydrogen-bond acceptors (Lipinski definition) is 4. The van der Waals surface area contributed by atoms with Crippen LogP contribution in [0.15, 0.2) is 15.8 Å². The normalized spacial score (nSPS) is 17.9. The van der Waals surface area contributed by atoms with Crippen LogP contribution in [0.5, 0.6) is 0 Å². The lowest BCUT2D eigenvalue weighted by Gasteiger charge is -2.11. The van der Waals surface area contributed by atoms with Crippen molar-refractivity contribution in [2.75, 3.05) is 6.54 Å². The van der Waals surface area contributed by atoms with Gasteiger partial charge >= 0.3 is 0 Å². The molecule has 2 rings (SSSR count). The zero-order chi connectivity index (χ0) is 11.2. The first-order valence-electron chi connectivity index (χ1n) is 5.66. The van der Waals surface area contributed by atoms with Gasteiger partial charge in [0.2, 0.25) is 5.89 Å². The lowest BCUT2D eigenvalue weighted by molar-refractivity contribution is 0.379. The van der Waals surface area contributed by atoms with Crippen LogP contribution >= 0.6 is 0 Å². The molecule has 88 valence electrons. The third-order valence-electron chi connectivity index (χ3n) is 2.72. The SMILES string of the molecule is NC(=NCCc1ncno1)NC1CCCC1. The molecule has 6 heteroatoms. The fourth-order valence-electron chi connectivity index (χ4n) is 1.90. The summed E-state index contributed by atoms with van der Waals surface area (Å²) in [6.07, 6.45) is 6.98. The Kier molecular flexibility index (Phi) is 3.74. The second-order valence-corrected chi connectivity index (χ2v) is 3.98. The maximum Gasteiger partial charge on any atom is 0.228 e. The van der Waals surface area contributed by atoms with Gasteiger partial charge in [0.05, 0.1) is 6.54 Å². The van der Waals surface area contributed by atoms with Gasteiger partial charge in [0, 0.05) is 12.5 Å². The summed E-state index contributed by atoms with van der Waals surface area (Å²) < 4.78 is 4.86. The van der Waals surface area contributed by atoms with Gasteiger partial charge in [0.15, 0.2) is 12.3 Å². The zero-order valence-electron chi connectivity index (χ0n) is 9.22. The standard InChI is InChI=1S/C10H17N5O/c11-10(15-8-3-1-2-4-8)12-6-5-9-13-7-14-16-9/h7-8H,1-6H2,(H3,11,12,15). The average Bonchev–Trinajstić information content (AvgIpc) is 2.90. The first-order valence-corrected chi connectivity index (χ1v) is 5.66. The lowest BCUT2D eigenvalue weighted by Crippen LogP contribution is -2.38. The molecule has 0 aromatic carbocycles. The zero-order valence-corrected chi connectivity index (χ0v) is 9.22. The van der Waals surface area contributed by atoms with Crippen LogP contribution in [0.4, 0.5) is 0 Å². The molecule has 6 nitrogen and oxygen atoms in total. The van der Waals surface area contributed by atoms with Crippen molar-refractivity contribution in [3.63, 3.8) is 0 Å². The number of aliphatic imine (C=N–C) groups is 1. The Bertz CT molecular complexity index is 329. The molecule has 0 atom stereocenters. The number of hydrogen-bond donors (Lipinski definition) is 2. The topological polar surface area (TPSA) is 89.3 Å². The van der Waals surface area contributed by atoms with Gasteiger partial charge < -0.3 is 15.6 Å². The van der Waals surface area contributed by atoms with Gasteiger partial charge in [-0.25, -0.2) is 0 Å². The van der Waals surface area contributed by atoms with Crippen molar-refractivity contribution >= 4 is 5.96 Å². The highest BCUT2D eigenvalue weighted by atomic mass is 16.5. The largest absolute Gasteiger partial charge is 0.370 e. The van der Waals surface area contributed by atoms with Gasteiger partial charge in [-0.15, -0.1) is 0 Å². The van der Waals surface area contributed by atoms with Gasteiger partial charge in [-0.05, 0) is 12.8 Å². The second kappa shape index (κ2) is 5.48. The predicted molar refractivity (Wildman–Crippen MR) is 59.9 cm³/mol. The van der Waals surface area contributed by atoms with E-state index in [1.165, 1.54) is 32.0 Å². The van der Waals surface area contributed by atoms with Gasteiger partial charge in [0.1, 0.15) is 0 Å². The molecule has 0 saturated heterocycles. The lowest BCUT2D eigenvalue weighted by atomic mass is 10.2. The second-order valence-electron chi connectivity index (χ2n) is 3.98. The summed E-state index contributed by atoms with van der Waals surface area (Å²) in [5, 5.41) is 6.74. The number of rotatable bonds is 4. The average molecular weight is 223 g/mol. The van der Waals surface area contributed by atoms with Gasteiger partial charge in [-0.2, -0.15) is 4.98 Å². The quantitative estimate of drug-likeness (QED) is 0.571. The van der Waals surface area contributed by atoms with Crippen molar-refractivity contribution in [3.8, 4) is 0 Å². The highest BCUT2D eigenvalue weighted by Gasteiger charge is 2.14. The van der Waals surface area contributed by atoms with E-state index in [-0.39, 0.29) is 0 Å². The van der Waals surface area contributed by atoms with Gasteiger partial charge in [-0.3, -0.25) is 4.99 Å². The number of nitrogens with one attached hydrogen (secondary N) is 1. The van der Waals surface area contributed by atoms with E-state index in [4.69, 9.17) is 10.3 Å². The Balaban J connectivity index is 1.69. The molecule has 1 heterocycles. The highest BCUT2D eigenvalue weighted by Crippen LogP contribution is 2.17. The Morgan fingerprint density at radius 1 is 1.56 bits per heavy atom. The Hall–Kier alpha value is -1.59. The van der Waals surface area contributed by atoms with Crippen molar-refractivity contribution in [2.45, 2.75) is 38.1 Å². The van der Waals surface area contributed by atoms with Crippen molar-refractivity contribution in [1.29, 1.82) is 0 Å². The van der Waals surface area contributed by atoms with E-state index < -0.39 is 0 Å². The summed E-state index contributed by atoms with van der Waals surface area (Å²) in [5.74, 6) is 1.11. The number of nitrogens with zero attached hydrogens (tertiary/aromatic N) is 3. The molecule has 0 bridgehead atoms. The van der Waals surface area contributed by atoms with Crippen LogP contribution in [0.2, 0.25) is 0 Å². The van der Waals surface area contributed by atoms with E-state index in [1.807, 2.05) is 0 Å². The van der Waals surface area contributed by atoms with Crippen LogP contribution in [-0.2, 0) is 6.42 Å². The molecule has 0 amide bonds. The third-order valence-corrected chi connectivity index (χ3v) is 2.72. The number of guanidine groups is 1. The summed E-state index contributed by atoms with van der Waals surface area (Å²) in [7, 11) is 0. The fourth-order valence-corrected chi connectivity index (χ4v) is 1.90. The van der Waals surface area contributed by atoms with E-state index in [0.29, 0.717) is 30.9 Å². The van der Waals surface area contributed by atoms with E-state index >= 15 is 0 Å². The minimum atomic E-state index is 0.507. The number of nitrogens with two attached hydrogens (primary N) is 1. The monoisotopic (exact) mass is 223 g/mol. The van der Waals surface area contributed by atoms with Crippen LogP contribution in [0, 0.1) is 0 Å². The van der Waals surface area contributed by atoms with Crippen LogP contribution in [0.1, 0.15) is 31.6 Å². The molecule has 1 aromatic heterocycles. The summed E-state index contributed by atoms with van der Waals surface area (Å²) in [5.41, 5.74) is 5.77. The Morgan fingerprint density at radius 2 is 2.38 bits per heavy atom. The van der Waals surface area contributed by atoms with Crippen LogP contribution in [0.3, 0.4) is 0 Å². The minimum Gasteiger partial charge on any atom is -0.370 e. The Labute approximate surface area is 94.3 Å². The summed E-state index contributed by atoms with van der Waals surface area (Å²) >= 11 is 0. The first-order chi connectivity index (χ1) is 7.84. The summed E-state index contributed by atoms with van der Waals surface area (Å²) in [4.78, 5) is 8.13. The van der Waals surface area contributed by atoms with Crippen LogP contribution in [0.25, 0.3) is 0 Å². The van der Waals surface area contributed by atoms with Crippen molar-refractivity contribution in [2.24, 2.45) is 10.7 Å². The molecule has 3 N–H and O–H groups in total. The molecule has 1 saturated carbocycles. The highest BCUT2D eigenvalue weighted by molar-refractivity contribution is 5.78. The van der Waals surface area contributed by atoms with E-state index in [2.05, 4.69) is 20.4 Å². The van der Waals surface area contributed by atoms with E-state index in [1.54, 1.807) is 0 Å². The van der Waals surface area contributed by atoms with E-state index in [0.717, 1.165) is 0 Å². The molecule has 1 fully saturated rings. The van der Waals surface area contributed by atoms with Crippen molar-refractivity contribution < 1.29 is 4.52 Å². The van der Waals surface area contributed by atoms with E-state index in [9.17, 15) is 0 Å². The maximum absolute atomic E-state index is 5.77. The van der Waals surface area contributed by atoms with Crippen LogP contribution in [-0.4, -0.2) is 28.7 Å². The maximum atomic E-state index is 5.77. The van der Waals surface area contributed by atoms with Crippen LogP contribution < -0.4 is 11.1 Å². The van der Waals surface area contributed by atoms with Crippen molar-refractivity contribution in [3.05, 3.63) is 12.2 Å². The number of aromatic nitrogens is 2. The molecular formula is C10H17N5O. The van der Waals surface area contributed by atoms with Crippen molar-refractivity contribution in [1.82, 2.24) is 15.5 Å². The molecule has 1 aromatic rings. The summed E-state index contributed by atoms with van der Waals surface area (Å²) in [6.45, 7) is 0.577. The molecule has 1 aliphatic rings. The molecule has 0 spiro atoms. The molecule has 0 unspecified atom stereocenters. The molecule has 0 aliphatic heterocycles. The summed E-state index contributed by atoms with van der Waals surface area (Å²) in [6, 6.07) is 0.507. The Morgan fingerprint density at radius 3 is 3.06 bits per heavy atom. The smallest absolute Gasteiger partial charge is 0.228 e.